The van der Waals surface area contributed by atoms with Crippen molar-refractivity contribution in [3.8, 4) is 0 Å². The van der Waals surface area contributed by atoms with Crippen LogP contribution >= 0.6 is 11.3 Å². The lowest BCUT2D eigenvalue weighted by Gasteiger charge is -2.51. The molecule has 1 aliphatic carbocycles. The minimum Gasteiger partial charge on any atom is -0.379 e. The fourth-order valence-corrected chi connectivity index (χ4v) is 3.76. The third-order valence-corrected chi connectivity index (χ3v) is 5.42. The van der Waals surface area contributed by atoms with Gasteiger partial charge < -0.3 is 15.4 Å². The van der Waals surface area contributed by atoms with E-state index in [4.69, 9.17) is 4.74 Å². The summed E-state index contributed by atoms with van der Waals surface area (Å²) in [4.78, 5) is 15.6. The molecule has 2 N–H and O–H groups in total. The smallest absolute Gasteiger partial charge is 0.315 e. The van der Waals surface area contributed by atoms with Crippen LogP contribution < -0.4 is 10.6 Å². The summed E-state index contributed by atoms with van der Waals surface area (Å²) in [5, 5.41) is 8.01. The van der Waals surface area contributed by atoms with E-state index >= 15 is 0 Å². The van der Waals surface area contributed by atoms with Crippen LogP contribution in [0.5, 0.6) is 0 Å². The van der Waals surface area contributed by atoms with Crippen molar-refractivity contribution >= 4 is 17.4 Å². The number of nitrogens with zero attached hydrogens (tertiary/aromatic N) is 1. The lowest BCUT2D eigenvalue weighted by Crippen LogP contribution is -2.63. The van der Waals surface area contributed by atoms with Crippen molar-refractivity contribution in [3.05, 3.63) is 22.4 Å². The highest BCUT2D eigenvalue weighted by Crippen LogP contribution is 2.37. The average molecular weight is 309 g/mol. The van der Waals surface area contributed by atoms with Crippen LogP contribution in [0.2, 0.25) is 0 Å². The van der Waals surface area contributed by atoms with Crippen molar-refractivity contribution in [1.29, 1.82) is 0 Å². The molecule has 6 heteroatoms. The van der Waals surface area contributed by atoms with Gasteiger partial charge in [-0.1, -0.05) is 6.07 Å². The second-order valence-electron chi connectivity index (χ2n) is 5.79. The van der Waals surface area contributed by atoms with E-state index in [0.29, 0.717) is 6.54 Å². The molecule has 1 saturated carbocycles. The molecule has 1 aliphatic heterocycles. The van der Waals surface area contributed by atoms with Crippen molar-refractivity contribution in [2.24, 2.45) is 0 Å². The molecule has 0 aromatic carbocycles. The molecular weight excluding hydrogens is 286 g/mol. The number of carbonyl (C=O) groups excluding carboxylic acids is 1. The van der Waals surface area contributed by atoms with E-state index in [-0.39, 0.29) is 11.6 Å². The van der Waals surface area contributed by atoms with Gasteiger partial charge in [-0.25, -0.2) is 4.79 Å². The van der Waals surface area contributed by atoms with Crippen LogP contribution in [0.25, 0.3) is 0 Å². The molecule has 21 heavy (non-hydrogen) atoms. The Hall–Kier alpha value is -1.11. The predicted molar refractivity (Wildman–Crippen MR) is 83.5 cm³/mol. The van der Waals surface area contributed by atoms with Crippen molar-refractivity contribution in [1.82, 2.24) is 15.5 Å². The molecular formula is C15H23N3O2S. The number of ether oxygens (including phenoxy) is 1. The minimum absolute atomic E-state index is 0.0667. The van der Waals surface area contributed by atoms with Gasteiger partial charge in [0.2, 0.25) is 0 Å². The Morgan fingerprint density at radius 1 is 1.33 bits per heavy atom. The molecule has 3 rings (SSSR count). The number of amides is 2. The van der Waals surface area contributed by atoms with E-state index in [2.05, 4.69) is 15.5 Å². The average Bonchev–Trinajstić information content (AvgIpc) is 2.98. The van der Waals surface area contributed by atoms with Crippen LogP contribution in [0, 0.1) is 0 Å². The molecule has 1 aromatic heterocycles. The van der Waals surface area contributed by atoms with Crippen molar-refractivity contribution in [3.63, 3.8) is 0 Å². The summed E-state index contributed by atoms with van der Waals surface area (Å²) < 4.78 is 5.43. The highest BCUT2D eigenvalue weighted by atomic mass is 32.1. The summed E-state index contributed by atoms with van der Waals surface area (Å²) in [7, 11) is 0. The van der Waals surface area contributed by atoms with Crippen molar-refractivity contribution in [2.45, 2.75) is 31.3 Å². The Morgan fingerprint density at radius 2 is 2.14 bits per heavy atom. The Balaban J connectivity index is 1.45. The summed E-state index contributed by atoms with van der Waals surface area (Å²) in [6.45, 7) is 4.94. The van der Waals surface area contributed by atoms with Crippen LogP contribution in [-0.2, 0) is 11.3 Å². The zero-order valence-electron chi connectivity index (χ0n) is 12.3. The third-order valence-electron chi connectivity index (χ3n) is 4.55. The molecule has 1 aromatic rings. The highest BCUT2D eigenvalue weighted by molar-refractivity contribution is 7.09. The second-order valence-corrected chi connectivity index (χ2v) is 6.83. The number of rotatable bonds is 5. The maximum Gasteiger partial charge on any atom is 0.315 e. The summed E-state index contributed by atoms with van der Waals surface area (Å²) in [5.74, 6) is 0. The van der Waals surface area contributed by atoms with Gasteiger partial charge in [0.05, 0.1) is 19.8 Å². The van der Waals surface area contributed by atoms with Crippen LogP contribution in [0.1, 0.15) is 24.1 Å². The van der Waals surface area contributed by atoms with E-state index in [1.54, 1.807) is 11.3 Å². The molecule has 1 saturated heterocycles. The first-order valence-electron chi connectivity index (χ1n) is 7.65. The third kappa shape index (κ3) is 3.56. The van der Waals surface area contributed by atoms with E-state index in [0.717, 1.165) is 32.8 Å². The van der Waals surface area contributed by atoms with Gasteiger partial charge in [0.1, 0.15) is 0 Å². The molecule has 0 unspecified atom stereocenters. The number of thiophene rings is 1. The van der Waals surface area contributed by atoms with Crippen LogP contribution in [-0.4, -0.2) is 49.3 Å². The van der Waals surface area contributed by atoms with Gasteiger partial charge >= 0.3 is 6.03 Å². The zero-order chi connectivity index (χ0) is 14.5. The van der Waals surface area contributed by atoms with E-state index in [1.165, 1.54) is 24.1 Å². The lowest BCUT2D eigenvalue weighted by atomic mass is 9.75. The zero-order valence-corrected chi connectivity index (χ0v) is 13.1. The molecule has 0 atom stereocenters. The standard InChI is InChI=1S/C15H23N3O2S/c19-14(16-11-13-3-1-10-21-13)17-12-15(4-2-5-15)18-6-8-20-9-7-18/h1,3,10H,2,4-9,11-12H2,(H2,16,17,19). The number of hydrogen-bond donors (Lipinski definition) is 2. The van der Waals surface area contributed by atoms with Gasteiger partial charge in [-0.2, -0.15) is 0 Å². The molecule has 2 fully saturated rings. The molecule has 2 amide bonds. The summed E-state index contributed by atoms with van der Waals surface area (Å²) in [5.41, 5.74) is 0.171. The molecule has 5 nitrogen and oxygen atoms in total. The SMILES string of the molecule is O=C(NCc1cccs1)NCC1(N2CCOCC2)CCC1. The molecule has 2 aliphatic rings. The first-order valence-corrected chi connectivity index (χ1v) is 8.53. The summed E-state index contributed by atoms with van der Waals surface area (Å²) in [6.07, 6.45) is 3.62. The molecule has 116 valence electrons. The fraction of sp³-hybridized carbons (Fsp3) is 0.667. The van der Waals surface area contributed by atoms with Gasteiger partial charge in [-0.05, 0) is 30.7 Å². The number of nitrogens with one attached hydrogen (secondary N) is 2. The quantitative estimate of drug-likeness (QED) is 0.872. The lowest BCUT2D eigenvalue weighted by molar-refractivity contribution is -0.0536. The highest BCUT2D eigenvalue weighted by Gasteiger charge is 2.42. The number of morpholine rings is 1. The number of carbonyl (C=O) groups is 1. The molecule has 0 spiro atoms. The van der Waals surface area contributed by atoms with Crippen molar-refractivity contribution in [2.75, 3.05) is 32.8 Å². The summed E-state index contributed by atoms with van der Waals surface area (Å²) in [6, 6.07) is 3.97. The topological polar surface area (TPSA) is 53.6 Å². The Labute approximate surface area is 129 Å². The van der Waals surface area contributed by atoms with E-state index in [9.17, 15) is 4.79 Å². The fourth-order valence-electron chi connectivity index (χ4n) is 3.12. The van der Waals surface area contributed by atoms with Gasteiger partial charge in [-0.15, -0.1) is 11.3 Å². The Kier molecular flexibility index (Phi) is 4.77. The maximum atomic E-state index is 11.9. The molecule has 0 radical (unpaired) electrons. The van der Waals surface area contributed by atoms with Gasteiger partial charge in [0, 0.05) is 30.1 Å². The second kappa shape index (κ2) is 6.77. The normalized spacial score (nSPS) is 21.5. The van der Waals surface area contributed by atoms with Crippen molar-refractivity contribution < 1.29 is 9.53 Å². The van der Waals surface area contributed by atoms with Crippen LogP contribution in [0.15, 0.2) is 17.5 Å². The number of urea groups is 1. The monoisotopic (exact) mass is 309 g/mol. The summed E-state index contributed by atoms with van der Waals surface area (Å²) >= 11 is 1.66. The van der Waals surface area contributed by atoms with Gasteiger partial charge in [0.25, 0.3) is 0 Å². The number of hydrogen-bond acceptors (Lipinski definition) is 4. The Bertz CT molecular complexity index is 453. The van der Waals surface area contributed by atoms with Crippen LogP contribution in [0.3, 0.4) is 0 Å². The largest absolute Gasteiger partial charge is 0.379 e. The minimum atomic E-state index is -0.0667. The Morgan fingerprint density at radius 3 is 2.76 bits per heavy atom. The van der Waals surface area contributed by atoms with E-state index < -0.39 is 0 Å². The van der Waals surface area contributed by atoms with Gasteiger partial charge in [-0.3, -0.25) is 4.90 Å². The van der Waals surface area contributed by atoms with Crippen LogP contribution in [0.4, 0.5) is 4.79 Å². The van der Waals surface area contributed by atoms with E-state index in [1.807, 2.05) is 17.5 Å². The predicted octanol–water partition coefficient (Wildman–Crippen LogP) is 1.80. The maximum absolute atomic E-state index is 11.9. The molecule has 0 bridgehead atoms. The first kappa shape index (κ1) is 14.8. The first-order chi connectivity index (χ1) is 10.3. The molecule has 2 heterocycles. The van der Waals surface area contributed by atoms with Gasteiger partial charge in [0.15, 0.2) is 0 Å².